The number of aromatic nitrogens is 3. The zero-order chi connectivity index (χ0) is 18.8. The molecule has 0 aliphatic rings. The van der Waals surface area contributed by atoms with Crippen LogP contribution in [0.25, 0.3) is 33.9 Å². The van der Waals surface area contributed by atoms with Crippen molar-refractivity contribution in [3.8, 4) is 17.3 Å². The van der Waals surface area contributed by atoms with Crippen molar-refractivity contribution < 1.29 is 0 Å². The molecule has 4 aromatic rings. The Kier molecular flexibility index (Phi) is 4.87. The number of benzene rings is 2. The van der Waals surface area contributed by atoms with Crippen LogP contribution in [-0.4, -0.2) is 15.0 Å². The molecule has 130 valence electrons. The SMILES string of the molecule is N#C/C(=C\c1cnc2ccccc2n1)c1nc(-c2ccc(Cl)cc2Cl)cs1. The van der Waals surface area contributed by atoms with Gasteiger partial charge in [-0.25, -0.2) is 9.97 Å². The first kappa shape index (κ1) is 17.6. The Morgan fingerprint density at radius 3 is 2.67 bits per heavy atom. The van der Waals surface area contributed by atoms with Gasteiger partial charge in [0.25, 0.3) is 0 Å². The number of nitriles is 1. The van der Waals surface area contributed by atoms with Crippen molar-refractivity contribution in [2.24, 2.45) is 0 Å². The van der Waals surface area contributed by atoms with Gasteiger partial charge in [-0.15, -0.1) is 11.3 Å². The first-order chi connectivity index (χ1) is 13.1. The lowest BCUT2D eigenvalue weighted by atomic mass is 10.2. The minimum atomic E-state index is 0.418. The van der Waals surface area contributed by atoms with E-state index in [9.17, 15) is 5.26 Å². The Morgan fingerprint density at radius 2 is 1.89 bits per heavy atom. The van der Waals surface area contributed by atoms with Gasteiger partial charge in [0, 0.05) is 16.0 Å². The van der Waals surface area contributed by atoms with Gasteiger partial charge < -0.3 is 0 Å². The Bertz CT molecular complexity index is 1220. The molecule has 0 fully saturated rings. The predicted molar refractivity (Wildman–Crippen MR) is 111 cm³/mol. The molecule has 0 saturated heterocycles. The molecule has 0 bridgehead atoms. The molecule has 2 aromatic heterocycles. The number of hydrogen-bond donors (Lipinski definition) is 0. The lowest BCUT2D eigenvalue weighted by molar-refractivity contribution is 1.26. The smallest absolute Gasteiger partial charge is 0.134 e. The number of para-hydroxylation sites is 2. The maximum absolute atomic E-state index is 9.58. The summed E-state index contributed by atoms with van der Waals surface area (Å²) in [4.78, 5) is 13.5. The fourth-order valence-corrected chi connectivity index (χ4v) is 3.84. The highest BCUT2D eigenvalue weighted by Crippen LogP contribution is 2.33. The topological polar surface area (TPSA) is 62.5 Å². The summed E-state index contributed by atoms with van der Waals surface area (Å²) in [5.41, 5.74) is 4.07. The van der Waals surface area contributed by atoms with Gasteiger partial charge in [-0.1, -0.05) is 35.3 Å². The van der Waals surface area contributed by atoms with Gasteiger partial charge in [0.2, 0.25) is 0 Å². The molecule has 0 saturated carbocycles. The summed E-state index contributed by atoms with van der Waals surface area (Å²) in [5, 5.41) is 13.1. The summed E-state index contributed by atoms with van der Waals surface area (Å²) in [6.07, 6.45) is 3.33. The second-order valence-electron chi connectivity index (χ2n) is 5.62. The molecule has 0 aliphatic heterocycles. The Balaban J connectivity index is 1.71. The lowest BCUT2D eigenvalue weighted by Crippen LogP contribution is -1.89. The molecule has 4 rings (SSSR count). The van der Waals surface area contributed by atoms with Gasteiger partial charge in [-0.05, 0) is 36.4 Å². The number of halogens is 2. The molecular formula is C20H10Cl2N4S. The highest BCUT2D eigenvalue weighted by atomic mass is 35.5. The molecular weight excluding hydrogens is 399 g/mol. The van der Waals surface area contributed by atoms with Gasteiger partial charge >= 0.3 is 0 Å². The van der Waals surface area contributed by atoms with Crippen molar-refractivity contribution >= 4 is 57.2 Å². The third-order valence-corrected chi connectivity index (χ3v) is 5.24. The lowest BCUT2D eigenvalue weighted by Gasteiger charge is -2.01. The number of allylic oxidation sites excluding steroid dienone is 1. The molecule has 4 nitrogen and oxygen atoms in total. The van der Waals surface area contributed by atoms with E-state index in [1.165, 1.54) is 11.3 Å². The summed E-state index contributed by atoms with van der Waals surface area (Å²) in [5.74, 6) is 0. The quantitative estimate of drug-likeness (QED) is 0.382. The van der Waals surface area contributed by atoms with Crippen molar-refractivity contribution in [2.75, 3.05) is 0 Å². The molecule has 0 amide bonds. The van der Waals surface area contributed by atoms with E-state index in [0.29, 0.717) is 32.0 Å². The first-order valence-electron chi connectivity index (χ1n) is 7.89. The van der Waals surface area contributed by atoms with Gasteiger partial charge in [0.15, 0.2) is 0 Å². The van der Waals surface area contributed by atoms with Gasteiger partial charge in [0.1, 0.15) is 11.1 Å². The zero-order valence-electron chi connectivity index (χ0n) is 13.7. The van der Waals surface area contributed by atoms with Gasteiger partial charge in [-0.2, -0.15) is 5.26 Å². The van der Waals surface area contributed by atoms with E-state index in [0.717, 1.165) is 16.6 Å². The highest BCUT2D eigenvalue weighted by Gasteiger charge is 2.12. The maximum atomic E-state index is 9.58. The number of fused-ring (bicyclic) bond motifs is 1. The predicted octanol–water partition coefficient (Wildman–Crippen LogP) is 6.12. The average Bonchev–Trinajstić information content (AvgIpc) is 3.15. The first-order valence-corrected chi connectivity index (χ1v) is 9.52. The molecule has 0 atom stereocenters. The van der Waals surface area contributed by atoms with Crippen LogP contribution in [0.3, 0.4) is 0 Å². The minimum absolute atomic E-state index is 0.418. The maximum Gasteiger partial charge on any atom is 0.134 e. The molecule has 7 heteroatoms. The van der Waals surface area contributed by atoms with Crippen LogP contribution < -0.4 is 0 Å². The van der Waals surface area contributed by atoms with Crippen LogP contribution in [0.5, 0.6) is 0 Å². The van der Waals surface area contributed by atoms with E-state index >= 15 is 0 Å². The van der Waals surface area contributed by atoms with Crippen molar-refractivity contribution in [1.29, 1.82) is 5.26 Å². The number of hydrogen-bond acceptors (Lipinski definition) is 5. The van der Waals surface area contributed by atoms with E-state index in [-0.39, 0.29) is 0 Å². The highest BCUT2D eigenvalue weighted by molar-refractivity contribution is 7.11. The normalized spacial score (nSPS) is 11.5. The fourth-order valence-electron chi connectivity index (χ4n) is 2.55. The summed E-state index contributed by atoms with van der Waals surface area (Å²) >= 11 is 13.6. The summed E-state index contributed by atoms with van der Waals surface area (Å²) in [6.45, 7) is 0. The number of thiazole rings is 1. The number of nitrogens with zero attached hydrogens (tertiary/aromatic N) is 4. The van der Waals surface area contributed by atoms with Gasteiger partial charge in [-0.3, -0.25) is 4.98 Å². The molecule has 2 heterocycles. The zero-order valence-corrected chi connectivity index (χ0v) is 16.1. The Morgan fingerprint density at radius 1 is 1.07 bits per heavy atom. The van der Waals surface area contributed by atoms with Gasteiger partial charge in [0.05, 0.1) is 39.2 Å². The second-order valence-corrected chi connectivity index (χ2v) is 7.32. The summed E-state index contributed by atoms with van der Waals surface area (Å²) in [6, 6.07) is 15.0. The molecule has 27 heavy (non-hydrogen) atoms. The molecule has 0 radical (unpaired) electrons. The Hall–Kier alpha value is -2.78. The van der Waals surface area contributed by atoms with Crippen molar-refractivity contribution in [2.45, 2.75) is 0 Å². The van der Waals surface area contributed by atoms with E-state index in [2.05, 4.69) is 21.0 Å². The van der Waals surface area contributed by atoms with Crippen LogP contribution in [0.2, 0.25) is 10.0 Å². The summed E-state index contributed by atoms with van der Waals surface area (Å²) < 4.78 is 0. The third kappa shape index (κ3) is 3.69. The van der Waals surface area contributed by atoms with E-state index in [1.54, 1.807) is 24.4 Å². The second kappa shape index (κ2) is 7.45. The summed E-state index contributed by atoms with van der Waals surface area (Å²) in [7, 11) is 0. The van der Waals surface area contributed by atoms with Crippen LogP contribution in [-0.2, 0) is 0 Å². The molecule has 0 unspecified atom stereocenters. The Labute approximate surface area is 169 Å². The molecule has 0 spiro atoms. The van der Waals surface area contributed by atoms with E-state index < -0.39 is 0 Å². The van der Waals surface area contributed by atoms with Crippen molar-refractivity contribution in [1.82, 2.24) is 15.0 Å². The van der Waals surface area contributed by atoms with Crippen molar-refractivity contribution in [3.05, 3.63) is 74.8 Å². The largest absolute Gasteiger partial charge is 0.252 e. The monoisotopic (exact) mass is 408 g/mol. The van der Waals surface area contributed by atoms with E-state index in [4.69, 9.17) is 23.2 Å². The van der Waals surface area contributed by atoms with Crippen LogP contribution in [0.1, 0.15) is 10.7 Å². The van der Waals surface area contributed by atoms with E-state index in [1.807, 2.05) is 35.7 Å². The third-order valence-electron chi connectivity index (χ3n) is 3.82. The van der Waals surface area contributed by atoms with Crippen LogP contribution in [0, 0.1) is 11.3 Å². The molecule has 0 aliphatic carbocycles. The number of rotatable bonds is 3. The molecule has 0 N–H and O–H groups in total. The van der Waals surface area contributed by atoms with Crippen LogP contribution in [0.4, 0.5) is 0 Å². The van der Waals surface area contributed by atoms with Crippen molar-refractivity contribution in [3.63, 3.8) is 0 Å². The van der Waals surface area contributed by atoms with Crippen LogP contribution in [0.15, 0.2) is 54.0 Å². The standard InChI is InChI=1S/C20H10Cl2N4S/c21-13-5-6-15(16(22)8-13)19-11-27-20(26-19)12(9-23)7-14-10-24-17-3-1-2-4-18(17)25-14/h1-8,10-11H/b12-7+. The fraction of sp³-hybridized carbons (Fsp3) is 0. The average molecular weight is 409 g/mol. The molecule has 2 aromatic carbocycles. The van der Waals surface area contributed by atoms with Crippen LogP contribution >= 0.6 is 34.5 Å². The minimum Gasteiger partial charge on any atom is -0.252 e.